The minimum absolute atomic E-state index is 0.240. The van der Waals surface area contributed by atoms with Gasteiger partial charge in [-0.05, 0) is 41.8 Å². The van der Waals surface area contributed by atoms with E-state index in [9.17, 15) is 14.4 Å². The zero-order valence-electron chi connectivity index (χ0n) is 17.1. The second-order valence-electron chi connectivity index (χ2n) is 6.87. The molecule has 0 heterocycles. The molecule has 0 saturated heterocycles. The van der Waals surface area contributed by atoms with Crippen LogP contribution in [0.25, 0.3) is 0 Å². The Morgan fingerprint density at radius 2 is 1.32 bits per heavy atom. The molecule has 0 saturated carbocycles. The van der Waals surface area contributed by atoms with Gasteiger partial charge in [-0.3, -0.25) is 4.79 Å². The van der Waals surface area contributed by atoms with Crippen LogP contribution in [-0.4, -0.2) is 31.6 Å². The number of carbonyl (C=O) groups excluding carboxylic acids is 3. The maximum absolute atomic E-state index is 12.5. The number of ether oxygens (including phenoxy) is 2. The van der Waals surface area contributed by atoms with E-state index in [0.717, 1.165) is 11.1 Å². The Bertz CT molecular complexity index is 1020. The second-order valence-corrected chi connectivity index (χ2v) is 6.87. The molecule has 0 fully saturated rings. The molecule has 0 bridgehead atoms. The zero-order valence-corrected chi connectivity index (χ0v) is 17.1. The maximum Gasteiger partial charge on any atom is 0.338 e. The maximum atomic E-state index is 12.5. The predicted octanol–water partition coefficient (Wildman–Crippen LogP) is 3.73. The molecule has 6 heteroatoms. The lowest BCUT2D eigenvalue weighted by molar-refractivity contribution is -0.125. The van der Waals surface area contributed by atoms with Crippen molar-refractivity contribution in [3.8, 4) is 0 Å². The standard InChI is InChI=1S/C25H23NO5/c1-30-24(28)20-12-14-21(15-13-20)25(29)31-17-23(27)26-22(19-10-6-3-7-11-19)16-18-8-4-2-5-9-18/h2-15,22H,16-17H2,1H3,(H,26,27). The van der Waals surface area contributed by atoms with Crippen LogP contribution in [0.4, 0.5) is 0 Å². The van der Waals surface area contributed by atoms with Crippen molar-refractivity contribution in [1.82, 2.24) is 5.32 Å². The van der Waals surface area contributed by atoms with E-state index in [2.05, 4.69) is 10.1 Å². The number of nitrogens with one attached hydrogen (secondary N) is 1. The summed E-state index contributed by atoms with van der Waals surface area (Å²) in [7, 11) is 1.28. The van der Waals surface area contributed by atoms with Crippen LogP contribution in [0.15, 0.2) is 84.9 Å². The van der Waals surface area contributed by atoms with Crippen molar-refractivity contribution in [2.75, 3.05) is 13.7 Å². The highest BCUT2D eigenvalue weighted by molar-refractivity contribution is 5.94. The summed E-state index contributed by atoms with van der Waals surface area (Å²) >= 11 is 0. The number of rotatable bonds is 8. The molecule has 0 spiro atoms. The van der Waals surface area contributed by atoms with Gasteiger partial charge in [-0.1, -0.05) is 60.7 Å². The molecule has 0 aliphatic heterocycles. The minimum Gasteiger partial charge on any atom is -0.465 e. The van der Waals surface area contributed by atoms with Crippen LogP contribution in [-0.2, 0) is 20.7 Å². The average molecular weight is 417 g/mol. The monoisotopic (exact) mass is 417 g/mol. The predicted molar refractivity (Wildman–Crippen MR) is 116 cm³/mol. The Morgan fingerprint density at radius 3 is 1.90 bits per heavy atom. The van der Waals surface area contributed by atoms with E-state index in [1.807, 2.05) is 60.7 Å². The first kappa shape index (κ1) is 21.8. The first-order valence-electron chi connectivity index (χ1n) is 9.80. The molecule has 3 aromatic rings. The highest BCUT2D eigenvalue weighted by Crippen LogP contribution is 2.18. The van der Waals surface area contributed by atoms with Crippen molar-refractivity contribution in [3.63, 3.8) is 0 Å². The first-order chi connectivity index (χ1) is 15.1. The second kappa shape index (κ2) is 10.7. The molecule has 0 aliphatic rings. The molecule has 0 aliphatic carbocycles. The van der Waals surface area contributed by atoms with Crippen LogP contribution in [0.2, 0.25) is 0 Å². The quantitative estimate of drug-likeness (QED) is 0.565. The van der Waals surface area contributed by atoms with Gasteiger partial charge in [-0.15, -0.1) is 0 Å². The van der Waals surface area contributed by atoms with Crippen LogP contribution < -0.4 is 5.32 Å². The van der Waals surface area contributed by atoms with Crippen molar-refractivity contribution in [1.29, 1.82) is 0 Å². The summed E-state index contributed by atoms with van der Waals surface area (Å²) in [6, 6.07) is 25.1. The van der Waals surface area contributed by atoms with E-state index in [0.29, 0.717) is 12.0 Å². The summed E-state index contributed by atoms with van der Waals surface area (Å²) in [5, 5.41) is 2.94. The van der Waals surface area contributed by atoms with Crippen LogP contribution in [0.1, 0.15) is 37.9 Å². The average Bonchev–Trinajstić information content (AvgIpc) is 2.83. The fraction of sp³-hybridized carbons (Fsp3) is 0.160. The van der Waals surface area contributed by atoms with E-state index in [-0.39, 0.29) is 11.6 Å². The number of amides is 1. The van der Waals surface area contributed by atoms with E-state index >= 15 is 0 Å². The normalized spacial score (nSPS) is 11.3. The van der Waals surface area contributed by atoms with E-state index in [1.165, 1.54) is 31.4 Å². The number of esters is 2. The molecule has 158 valence electrons. The number of benzene rings is 3. The summed E-state index contributed by atoms with van der Waals surface area (Å²) in [6.07, 6.45) is 0.611. The molecule has 1 N–H and O–H groups in total. The Kier molecular flexibility index (Phi) is 7.54. The van der Waals surface area contributed by atoms with Gasteiger partial charge in [-0.25, -0.2) is 9.59 Å². The molecular weight excluding hydrogens is 394 g/mol. The SMILES string of the molecule is COC(=O)c1ccc(C(=O)OCC(=O)NC(Cc2ccccc2)c2ccccc2)cc1. The lowest BCUT2D eigenvalue weighted by atomic mass is 9.99. The molecule has 1 amide bonds. The van der Waals surface area contributed by atoms with Gasteiger partial charge < -0.3 is 14.8 Å². The summed E-state index contributed by atoms with van der Waals surface area (Å²) in [5.41, 5.74) is 2.61. The summed E-state index contributed by atoms with van der Waals surface area (Å²) in [5.74, 6) is -1.54. The van der Waals surface area contributed by atoms with Crippen LogP contribution in [0.5, 0.6) is 0 Å². The third kappa shape index (κ3) is 6.27. The Balaban J connectivity index is 1.60. The Morgan fingerprint density at radius 1 is 0.774 bits per heavy atom. The van der Waals surface area contributed by atoms with Crippen molar-refractivity contribution in [2.45, 2.75) is 12.5 Å². The van der Waals surface area contributed by atoms with Gasteiger partial charge in [0.15, 0.2) is 6.61 Å². The van der Waals surface area contributed by atoms with Gasteiger partial charge in [0, 0.05) is 0 Å². The molecular formula is C25H23NO5. The Labute approximate surface area is 180 Å². The summed E-state index contributed by atoms with van der Waals surface area (Å²) in [6.45, 7) is -0.407. The highest BCUT2D eigenvalue weighted by Gasteiger charge is 2.17. The molecule has 0 radical (unpaired) electrons. The molecule has 3 aromatic carbocycles. The largest absolute Gasteiger partial charge is 0.465 e. The molecule has 6 nitrogen and oxygen atoms in total. The third-order valence-electron chi connectivity index (χ3n) is 4.70. The summed E-state index contributed by atoms with van der Waals surface area (Å²) in [4.78, 5) is 36.2. The molecule has 3 rings (SSSR count). The minimum atomic E-state index is -0.647. The van der Waals surface area contributed by atoms with Gasteiger partial charge in [0.25, 0.3) is 5.91 Å². The third-order valence-corrected chi connectivity index (χ3v) is 4.70. The van der Waals surface area contributed by atoms with E-state index in [4.69, 9.17) is 4.74 Å². The van der Waals surface area contributed by atoms with E-state index < -0.39 is 24.5 Å². The lowest BCUT2D eigenvalue weighted by Crippen LogP contribution is -2.33. The van der Waals surface area contributed by atoms with Gasteiger partial charge in [-0.2, -0.15) is 0 Å². The number of hydrogen-bond donors (Lipinski definition) is 1. The molecule has 31 heavy (non-hydrogen) atoms. The fourth-order valence-corrected chi connectivity index (χ4v) is 3.10. The van der Waals surface area contributed by atoms with E-state index in [1.54, 1.807) is 0 Å². The topological polar surface area (TPSA) is 81.7 Å². The van der Waals surface area contributed by atoms with Crippen LogP contribution in [0, 0.1) is 0 Å². The van der Waals surface area contributed by atoms with Crippen molar-refractivity contribution < 1.29 is 23.9 Å². The highest BCUT2D eigenvalue weighted by atomic mass is 16.5. The van der Waals surface area contributed by atoms with Crippen LogP contribution in [0.3, 0.4) is 0 Å². The van der Waals surface area contributed by atoms with Gasteiger partial charge in [0.1, 0.15) is 0 Å². The van der Waals surface area contributed by atoms with Gasteiger partial charge >= 0.3 is 11.9 Å². The Hall–Kier alpha value is -3.93. The smallest absolute Gasteiger partial charge is 0.338 e. The van der Waals surface area contributed by atoms with Crippen LogP contribution >= 0.6 is 0 Å². The first-order valence-corrected chi connectivity index (χ1v) is 9.80. The van der Waals surface area contributed by atoms with Crippen molar-refractivity contribution in [3.05, 3.63) is 107 Å². The summed E-state index contributed by atoms with van der Waals surface area (Å²) < 4.78 is 9.76. The fourth-order valence-electron chi connectivity index (χ4n) is 3.10. The van der Waals surface area contributed by atoms with Crippen molar-refractivity contribution in [2.24, 2.45) is 0 Å². The number of carbonyl (C=O) groups is 3. The molecule has 1 unspecified atom stereocenters. The molecule has 0 aromatic heterocycles. The lowest BCUT2D eigenvalue weighted by Gasteiger charge is -2.19. The van der Waals surface area contributed by atoms with Gasteiger partial charge in [0.05, 0.1) is 24.3 Å². The number of hydrogen-bond acceptors (Lipinski definition) is 5. The molecule has 1 atom stereocenters. The van der Waals surface area contributed by atoms with Crippen molar-refractivity contribution >= 4 is 17.8 Å². The van der Waals surface area contributed by atoms with Gasteiger partial charge in [0.2, 0.25) is 0 Å². The number of methoxy groups -OCH3 is 1. The zero-order chi connectivity index (χ0) is 22.1.